The van der Waals surface area contributed by atoms with E-state index < -0.39 is 0 Å². The Hall–Kier alpha value is -2.01. The Morgan fingerprint density at radius 3 is 2.74 bits per heavy atom. The smallest absolute Gasteiger partial charge is 0.138 e. The second kappa shape index (κ2) is 4.93. The van der Waals surface area contributed by atoms with Crippen molar-refractivity contribution in [3.63, 3.8) is 0 Å². The van der Waals surface area contributed by atoms with Crippen molar-refractivity contribution < 1.29 is 4.39 Å². The minimum atomic E-state index is -0.224. The molecule has 1 atom stereocenters. The highest BCUT2D eigenvalue weighted by atomic mass is 32.1. The van der Waals surface area contributed by atoms with Crippen LogP contribution in [-0.4, -0.2) is 9.97 Å². The maximum atomic E-state index is 12.9. The number of nitrogens with one attached hydrogen (secondary N) is 1. The molecular formula is C14H12FN3S. The van der Waals surface area contributed by atoms with Gasteiger partial charge in [-0.2, -0.15) is 0 Å². The maximum absolute atomic E-state index is 12.9. The van der Waals surface area contributed by atoms with E-state index in [0.717, 1.165) is 21.6 Å². The highest BCUT2D eigenvalue weighted by Gasteiger charge is 2.09. The predicted octanol–water partition coefficient (Wildman–Crippen LogP) is 4.00. The first-order valence-corrected chi connectivity index (χ1v) is 6.82. The molecule has 3 nitrogen and oxygen atoms in total. The summed E-state index contributed by atoms with van der Waals surface area (Å²) in [6.07, 6.45) is 1.55. The van der Waals surface area contributed by atoms with Crippen LogP contribution >= 0.6 is 11.3 Å². The van der Waals surface area contributed by atoms with Gasteiger partial charge in [-0.15, -0.1) is 11.3 Å². The average Bonchev–Trinajstić information content (AvgIpc) is 2.89. The molecule has 1 aromatic carbocycles. The van der Waals surface area contributed by atoms with Crippen LogP contribution < -0.4 is 5.32 Å². The van der Waals surface area contributed by atoms with Gasteiger partial charge < -0.3 is 5.32 Å². The Morgan fingerprint density at radius 1 is 1.16 bits per heavy atom. The van der Waals surface area contributed by atoms with Crippen molar-refractivity contribution in [3.05, 3.63) is 53.4 Å². The Bertz CT molecular complexity index is 693. The van der Waals surface area contributed by atoms with Gasteiger partial charge >= 0.3 is 0 Å². The van der Waals surface area contributed by atoms with E-state index in [9.17, 15) is 4.39 Å². The summed E-state index contributed by atoms with van der Waals surface area (Å²) in [6, 6.07) is 8.54. The lowest BCUT2D eigenvalue weighted by molar-refractivity contribution is 0.626. The molecule has 0 aliphatic heterocycles. The van der Waals surface area contributed by atoms with Crippen LogP contribution in [0.5, 0.6) is 0 Å². The van der Waals surface area contributed by atoms with Crippen molar-refractivity contribution in [2.45, 2.75) is 13.0 Å². The van der Waals surface area contributed by atoms with Crippen molar-refractivity contribution in [1.29, 1.82) is 0 Å². The van der Waals surface area contributed by atoms with Gasteiger partial charge in [0.05, 0.1) is 5.39 Å². The summed E-state index contributed by atoms with van der Waals surface area (Å²) in [6.45, 7) is 2.02. The van der Waals surface area contributed by atoms with Gasteiger partial charge in [-0.05, 0) is 36.1 Å². The van der Waals surface area contributed by atoms with E-state index in [1.165, 1.54) is 12.1 Å². The molecular weight excluding hydrogens is 261 g/mol. The number of halogens is 1. The molecule has 19 heavy (non-hydrogen) atoms. The number of rotatable bonds is 3. The fourth-order valence-corrected chi connectivity index (χ4v) is 2.68. The molecule has 1 unspecified atom stereocenters. The van der Waals surface area contributed by atoms with Crippen molar-refractivity contribution >= 4 is 27.4 Å². The topological polar surface area (TPSA) is 37.8 Å². The third-order valence-electron chi connectivity index (χ3n) is 2.98. The number of thiophene rings is 1. The highest BCUT2D eigenvalue weighted by Crippen LogP contribution is 2.26. The first kappa shape index (κ1) is 12.0. The van der Waals surface area contributed by atoms with Gasteiger partial charge in [-0.3, -0.25) is 0 Å². The number of hydrogen-bond acceptors (Lipinski definition) is 4. The molecule has 2 aromatic heterocycles. The van der Waals surface area contributed by atoms with E-state index in [1.54, 1.807) is 29.8 Å². The third-order valence-corrected chi connectivity index (χ3v) is 3.81. The highest BCUT2D eigenvalue weighted by molar-refractivity contribution is 7.16. The second-order valence-electron chi connectivity index (χ2n) is 4.28. The minimum absolute atomic E-state index is 0.0543. The monoisotopic (exact) mass is 273 g/mol. The van der Waals surface area contributed by atoms with Crippen LogP contribution in [0.25, 0.3) is 10.2 Å². The summed E-state index contributed by atoms with van der Waals surface area (Å²) in [5.41, 5.74) is 1.02. The molecule has 0 aliphatic rings. The number of anilines is 1. The summed E-state index contributed by atoms with van der Waals surface area (Å²) in [4.78, 5) is 9.45. The minimum Gasteiger partial charge on any atom is -0.363 e. The van der Waals surface area contributed by atoms with Gasteiger partial charge in [0.25, 0.3) is 0 Å². The van der Waals surface area contributed by atoms with Gasteiger partial charge in [-0.1, -0.05) is 12.1 Å². The molecule has 0 aliphatic carbocycles. The first-order valence-electron chi connectivity index (χ1n) is 5.94. The zero-order chi connectivity index (χ0) is 13.2. The SMILES string of the molecule is CC(Nc1ncnc2sccc12)c1ccc(F)cc1. The quantitative estimate of drug-likeness (QED) is 0.783. The van der Waals surface area contributed by atoms with Crippen molar-refractivity contribution in [2.75, 3.05) is 5.32 Å². The first-order chi connectivity index (χ1) is 9.24. The Labute approximate surface area is 114 Å². The van der Waals surface area contributed by atoms with Crippen molar-refractivity contribution in [1.82, 2.24) is 9.97 Å². The molecule has 0 bridgehead atoms. The van der Waals surface area contributed by atoms with E-state index >= 15 is 0 Å². The molecule has 0 radical (unpaired) electrons. The van der Waals surface area contributed by atoms with Crippen LogP contribution in [0.1, 0.15) is 18.5 Å². The standard InChI is InChI=1S/C14H12FN3S/c1-9(10-2-4-11(15)5-3-10)18-13-12-6-7-19-14(12)17-8-16-13/h2-9H,1H3,(H,16,17,18). The third kappa shape index (κ3) is 2.42. The summed E-state index contributed by atoms with van der Waals surface area (Å²) < 4.78 is 12.9. The molecule has 2 heterocycles. The van der Waals surface area contributed by atoms with Crippen LogP contribution in [0.15, 0.2) is 42.0 Å². The molecule has 0 fully saturated rings. The lowest BCUT2D eigenvalue weighted by Gasteiger charge is -2.15. The number of nitrogens with zero attached hydrogens (tertiary/aromatic N) is 2. The summed E-state index contributed by atoms with van der Waals surface area (Å²) in [5, 5.41) is 6.35. The van der Waals surface area contributed by atoms with Gasteiger partial charge in [0.1, 0.15) is 22.8 Å². The lowest BCUT2D eigenvalue weighted by atomic mass is 10.1. The van der Waals surface area contributed by atoms with E-state index in [4.69, 9.17) is 0 Å². The van der Waals surface area contributed by atoms with Crippen LogP contribution in [0.3, 0.4) is 0 Å². The Kier molecular flexibility index (Phi) is 3.13. The zero-order valence-electron chi connectivity index (χ0n) is 10.3. The van der Waals surface area contributed by atoms with E-state index in [1.807, 2.05) is 18.4 Å². The largest absolute Gasteiger partial charge is 0.363 e. The molecule has 1 N–H and O–H groups in total. The van der Waals surface area contributed by atoms with Crippen molar-refractivity contribution in [2.24, 2.45) is 0 Å². The summed E-state index contributed by atoms with van der Waals surface area (Å²) >= 11 is 1.59. The van der Waals surface area contributed by atoms with Crippen LogP contribution in [0.2, 0.25) is 0 Å². The zero-order valence-corrected chi connectivity index (χ0v) is 11.1. The maximum Gasteiger partial charge on any atom is 0.138 e. The van der Waals surface area contributed by atoms with Crippen molar-refractivity contribution in [3.8, 4) is 0 Å². The molecule has 0 amide bonds. The number of fused-ring (bicyclic) bond motifs is 1. The number of hydrogen-bond donors (Lipinski definition) is 1. The lowest BCUT2D eigenvalue weighted by Crippen LogP contribution is -2.08. The summed E-state index contributed by atoms with van der Waals surface area (Å²) in [7, 11) is 0. The Balaban J connectivity index is 1.88. The van der Waals surface area contributed by atoms with Gasteiger partial charge in [0, 0.05) is 6.04 Å². The second-order valence-corrected chi connectivity index (χ2v) is 5.17. The molecule has 0 saturated heterocycles. The number of benzene rings is 1. The van der Waals surface area contributed by atoms with Crippen LogP contribution in [0, 0.1) is 5.82 Å². The molecule has 0 spiro atoms. The average molecular weight is 273 g/mol. The van der Waals surface area contributed by atoms with Gasteiger partial charge in [-0.25, -0.2) is 14.4 Å². The molecule has 3 aromatic rings. The Morgan fingerprint density at radius 2 is 1.95 bits per heavy atom. The normalized spacial score (nSPS) is 12.5. The summed E-state index contributed by atoms with van der Waals surface area (Å²) in [5.74, 6) is 0.585. The number of aromatic nitrogens is 2. The van der Waals surface area contributed by atoms with E-state index in [0.29, 0.717) is 0 Å². The fourth-order valence-electron chi connectivity index (χ4n) is 1.94. The van der Waals surface area contributed by atoms with Crippen LogP contribution in [-0.2, 0) is 0 Å². The fraction of sp³-hybridized carbons (Fsp3) is 0.143. The molecule has 3 rings (SSSR count). The van der Waals surface area contributed by atoms with Crippen LogP contribution in [0.4, 0.5) is 10.2 Å². The molecule has 0 saturated carbocycles. The molecule has 96 valence electrons. The van der Waals surface area contributed by atoms with E-state index in [-0.39, 0.29) is 11.9 Å². The van der Waals surface area contributed by atoms with Gasteiger partial charge in [0.15, 0.2) is 0 Å². The van der Waals surface area contributed by atoms with Gasteiger partial charge in [0.2, 0.25) is 0 Å². The van der Waals surface area contributed by atoms with E-state index in [2.05, 4.69) is 15.3 Å². The predicted molar refractivity (Wildman–Crippen MR) is 75.9 cm³/mol. The molecule has 5 heteroatoms.